The van der Waals surface area contributed by atoms with E-state index in [0.717, 1.165) is 0 Å². The fourth-order valence-electron chi connectivity index (χ4n) is 2.11. The Bertz CT molecular complexity index is 428. The minimum absolute atomic E-state index is 1.32. The number of halogens is 3. The fourth-order valence-corrected chi connectivity index (χ4v) is 2.11. The van der Waals surface area contributed by atoms with Gasteiger partial charge in [-0.1, -0.05) is 43.3 Å². The molecule has 0 atom stereocenters. The summed E-state index contributed by atoms with van der Waals surface area (Å²) in [5, 5.41) is 0. The van der Waals surface area contributed by atoms with Crippen molar-refractivity contribution < 1.29 is 14.7 Å². The van der Waals surface area contributed by atoms with Crippen LogP contribution in [0.15, 0.2) is 30.3 Å². The molecule has 1 fully saturated rings. The van der Waals surface area contributed by atoms with Crippen LogP contribution in [-0.4, -0.2) is 0 Å². The van der Waals surface area contributed by atoms with E-state index in [9.17, 15) is 0 Å². The van der Waals surface area contributed by atoms with E-state index >= 15 is 0 Å². The molecule has 2 aliphatic rings. The van der Waals surface area contributed by atoms with Crippen molar-refractivity contribution >= 4 is 34.0 Å². The molecule has 5 radical (unpaired) electrons. The Hall–Kier alpha value is 0.544. The van der Waals surface area contributed by atoms with E-state index in [0.29, 0.717) is 0 Å². The van der Waals surface area contributed by atoms with E-state index in [-0.39, 0.29) is 0 Å². The Labute approximate surface area is 127 Å². The first-order valence-electron chi connectivity index (χ1n) is 5.46. The Balaban J connectivity index is 0.000000267. The van der Waals surface area contributed by atoms with Crippen molar-refractivity contribution in [2.24, 2.45) is 0 Å². The molecule has 1 aromatic carbocycles. The van der Waals surface area contributed by atoms with Gasteiger partial charge in [0, 0.05) is 11.8 Å². The van der Waals surface area contributed by atoms with E-state index in [2.05, 4.69) is 56.2 Å². The quantitative estimate of drug-likeness (QED) is 0.566. The van der Waals surface area contributed by atoms with Gasteiger partial charge in [-0.15, -0.1) is 0 Å². The van der Waals surface area contributed by atoms with Crippen molar-refractivity contribution in [3.8, 4) is 0 Å². The molecule has 0 spiro atoms. The van der Waals surface area contributed by atoms with E-state index in [4.69, 9.17) is 27.9 Å². The van der Waals surface area contributed by atoms with Gasteiger partial charge in [0.05, 0.1) is 0 Å². The zero-order valence-electron chi connectivity index (χ0n) is 9.75. The average molecular weight is 333 g/mol. The van der Waals surface area contributed by atoms with Gasteiger partial charge in [-0.25, -0.2) is 0 Å². The van der Waals surface area contributed by atoms with Gasteiger partial charge in [0.15, 0.2) is 0 Å². The van der Waals surface area contributed by atoms with E-state index in [1.54, 1.807) is 0 Å². The van der Waals surface area contributed by atoms with Gasteiger partial charge in [-0.2, -0.15) is 0 Å². The molecule has 0 bridgehead atoms. The van der Waals surface area contributed by atoms with Crippen LogP contribution in [0.1, 0.15) is 18.1 Å². The number of rotatable bonds is 0. The molecular weight excluding hydrogens is 322 g/mol. The van der Waals surface area contributed by atoms with Crippen LogP contribution in [0.5, 0.6) is 0 Å². The van der Waals surface area contributed by atoms with Crippen LogP contribution in [0.4, 0.5) is 0 Å². The second-order valence-corrected chi connectivity index (χ2v) is 11.8. The average Bonchev–Trinajstić information content (AvgIpc) is 2.69. The third kappa shape index (κ3) is 3.77. The molecule has 91 valence electrons. The van der Waals surface area contributed by atoms with Crippen molar-refractivity contribution in [3.05, 3.63) is 72.1 Å². The first kappa shape index (κ1) is 14.9. The van der Waals surface area contributed by atoms with Crippen molar-refractivity contribution in [1.29, 1.82) is 0 Å². The van der Waals surface area contributed by atoms with Crippen LogP contribution in [0.3, 0.4) is 0 Å². The minimum atomic E-state index is -1.92. The summed E-state index contributed by atoms with van der Waals surface area (Å²) in [6.07, 6.45) is 8.89. The van der Waals surface area contributed by atoms with E-state index < -0.39 is 14.7 Å². The molecule has 4 heteroatoms. The van der Waals surface area contributed by atoms with E-state index in [1.807, 2.05) is 0 Å². The summed E-state index contributed by atoms with van der Waals surface area (Å²) in [5.41, 5.74) is 2.68. The van der Waals surface area contributed by atoms with Crippen LogP contribution in [-0.2, 0) is 14.7 Å². The molecule has 0 heterocycles. The summed E-state index contributed by atoms with van der Waals surface area (Å²) in [6, 6.07) is 8.54. The molecule has 0 nitrogen and oxygen atoms in total. The fraction of sp³-hybridized carbons (Fsp3) is 0.0714. The first-order chi connectivity index (χ1) is 8.58. The summed E-state index contributed by atoms with van der Waals surface area (Å²) in [7, 11) is 14.9. The van der Waals surface area contributed by atoms with Gasteiger partial charge in [0.1, 0.15) is 0 Å². The number of hydrogen-bond donors (Lipinski definition) is 0. The Morgan fingerprint density at radius 1 is 0.944 bits per heavy atom. The summed E-state index contributed by atoms with van der Waals surface area (Å²) >= 11 is -1.92. The Kier molecular flexibility index (Phi) is 5.66. The molecular formula is C14H11Cl3Ti+. The second-order valence-electron chi connectivity index (χ2n) is 4.04. The van der Waals surface area contributed by atoms with Gasteiger partial charge < -0.3 is 0 Å². The number of benzene rings is 1. The molecule has 18 heavy (non-hydrogen) atoms. The zero-order valence-corrected chi connectivity index (χ0v) is 13.6. The molecule has 0 aromatic heterocycles. The summed E-state index contributed by atoms with van der Waals surface area (Å²) in [4.78, 5) is 0. The molecule has 0 N–H and O–H groups in total. The maximum atomic E-state index is 4.97. The van der Waals surface area contributed by atoms with Crippen molar-refractivity contribution in [2.75, 3.05) is 0 Å². The molecule has 2 aliphatic carbocycles. The monoisotopic (exact) mass is 332 g/mol. The third-order valence-corrected chi connectivity index (χ3v) is 2.76. The molecule has 0 aliphatic heterocycles. The second kappa shape index (κ2) is 6.82. The predicted octanol–water partition coefficient (Wildman–Crippen LogP) is 5.29. The molecule has 1 saturated carbocycles. The molecule has 1 aromatic rings. The SMILES string of the molecule is C[C]1[CH][C]2C=Cc3ccccc3[C]2[CH]1.[Cl][Ti+]([Cl])[Cl]. The predicted molar refractivity (Wildman–Crippen MR) is 76.1 cm³/mol. The van der Waals surface area contributed by atoms with E-state index in [1.165, 1.54) is 28.9 Å². The molecule has 0 amide bonds. The number of fused-ring (bicyclic) bond motifs is 3. The Morgan fingerprint density at radius 3 is 2.33 bits per heavy atom. The van der Waals surface area contributed by atoms with Gasteiger partial charge in [0.2, 0.25) is 0 Å². The van der Waals surface area contributed by atoms with Crippen LogP contribution in [0, 0.1) is 30.6 Å². The summed E-state index contributed by atoms with van der Waals surface area (Å²) in [5.74, 6) is 4.07. The van der Waals surface area contributed by atoms with Crippen molar-refractivity contribution in [1.82, 2.24) is 0 Å². The Morgan fingerprint density at radius 2 is 1.61 bits per heavy atom. The maximum absolute atomic E-state index is 4.97. The normalized spacial score (nSPS) is 18.9. The summed E-state index contributed by atoms with van der Waals surface area (Å²) < 4.78 is 0. The van der Waals surface area contributed by atoms with Crippen LogP contribution in [0.25, 0.3) is 6.08 Å². The molecule has 0 saturated heterocycles. The molecule has 3 rings (SSSR count). The van der Waals surface area contributed by atoms with Gasteiger partial charge in [0.25, 0.3) is 0 Å². The zero-order chi connectivity index (χ0) is 13.1. The standard InChI is InChI=1S/C14H11.3ClH.Ti/c1-10-8-12-7-6-11-4-2-3-5-13(11)14(12)9-10;;;;/h2-9H,1H3;3*1H;/q;;;;+4/p-3. The van der Waals surface area contributed by atoms with Crippen LogP contribution in [0.2, 0.25) is 0 Å². The van der Waals surface area contributed by atoms with Crippen LogP contribution < -0.4 is 0 Å². The number of hydrogen-bond acceptors (Lipinski definition) is 0. The summed E-state index contributed by atoms with van der Waals surface area (Å²) in [6.45, 7) is 2.15. The van der Waals surface area contributed by atoms with Crippen molar-refractivity contribution in [3.63, 3.8) is 0 Å². The van der Waals surface area contributed by atoms with Gasteiger partial charge in [-0.3, -0.25) is 0 Å². The van der Waals surface area contributed by atoms with Gasteiger partial charge >= 0.3 is 42.6 Å². The first-order valence-corrected chi connectivity index (χ1v) is 11.9. The van der Waals surface area contributed by atoms with Crippen molar-refractivity contribution in [2.45, 2.75) is 6.92 Å². The van der Waals surface area contributed by atoms with Gasteiger partial charge in [-0.05, 0) is 29.9 Å². The number of allylic oxidation sites excluding steroid dienone is 1. The third-order valence-electron chi connectivity index (χ3n) is 2.76. The molecule has 0 unspecified atom stereocenters. The van der Waals surface area contributed by atoms with Crippen LogP contribution >= 0.6 is 27.9 Å². The topological polar surface area (TPSA) is 0 Å².